The highest BCUT2D eigenvalue weighted by Gasteiger charge is 2.10. The van der Waals surface area contributed by atoms with E-state index in [9.17, 15) is 4.79 Å². The molecule has 1 amide bonds. The summed E-state index contributed by atoms with van der Waals surface area (Å²) in [6, 6.07) is 21.9. The summed E-state index contributed by atoms with van der Waals surface area (Å²) in [4.78, 5) is 17.8. The standard InChI is InChI=1S/C25H20N2OS/c1-4-14-27-22-15-17(2)18(3)16-23(22)29-25(27)26-24(28)21-12-10-20(11-13-21)19-8-6-5-7-9-19/h1,5-13,15-16H,14H2,2-3H3. The molecule has 0 N–H and O–H groups in total. The topological polar surface area (TPSA) is 34.4 Å². The Morgan fingerprint density at radius 1 is 1.00 bits per heavy atom. The highest BCUT2D eigenvalue weighted by atomic mass is 32.1. The number of thiazole rings is 1. The highest BCUT2D eigenvalue weighted by molar-refractivity contribution is 7.16. The van der Waals surface area contributed by atoms with Gasteiger partial charge >= 0.3 is 0 Å². The third-order valence-corrected chi connectivity index (χ3v) is 6.02. The second-order valence-electron chi connectivity index (χ2n) is 6.94. The molecule has 0 atom stereocenters. The molecule has 3 nitrogen and oxygen atoms in total. The Kier molecular flexibility index (Phi) is 5.16. The summed E-state index contributed by atoms with van der Waals surface area (Å²) in [6.45, 7) is 4.53. The van der Waals surface area contributed by atoms with Gasteiger partial charge < -0.3 is 4.57 Å². The van der Waals surface area contributed by atoms with Gasteiger partial charge in [-0.1, -0.05) is 59.7 Å². The zero-order valence-corrected chi connectivity index (χ0v) is 17.2. The Morgan fingerprint density at radius 2 is 1.66 bits per heavy atom. The van der Waals surface area contributed by atoms with E-state index in [1.165, 1.54) is 22.5 Å². The molecular weight excluding hydrogens is 376 g/mol. The summed E-state index contributed by atoms with van der Waals surface area (Å²) in [7, 11) is 0. The molecule has 4 aromatic rings. The summed E-state index contributed by atoms with van der Waals surface area (Å²) in [5.74, 6) is 2.41. The first kappa shape index (κ1) is 18.9. The fourth-order valence-electron chi connectivity index (χ4n) is 3.24. The van der Waals surface area contributed by atoms with Crippen molar-refractivity contribution in [2.75, 3.05) is 0 Å². The maximum absolute atomic E-state index is 12.8. The van der Waals surface area contributed by atoms with Gasteiger partial charge in [0.25, 0.3) is 5.91 Å². The van der Waals surface area contributed by atoms with Crippen molar-refractivity contribution in [2.45, 2.75) is 20.4 Å². The zero-order valence-electron chi connectivity index (χ0n) is 16.3. The van der Waals surface area contributed by atoms with Gasteiger partial charge in [-0.25, -0.2) is 0 Å². The minimum Gasteiger partial charge on any atom is -0.305 e. The Hall–Kier alpha value is -3.42. The Labute approximate surface area is 174 Å². The Morgan fingerprint density at radius 3 is 2.34 bits per heavy atom. The van der Waals surface area contributed by atoms with E-state index < -0.39 is 0 Å². The predicted octanol–water partition coefficient (Wildman–Crippen LogP) is 5.36. The van der Waals surface area contributed by atoms with Crippen LogP contribution in [0.15, 0.2) is 71.7 Å². The fraction of sp³-hybridized carbons (Fsp3) is 0.120. The highest BCUT2D eigenvalue weighted by Crippen LogP contribution is 2.22. The van der Waals surface area contributed by atoms with Crippen LogP contribution in [-0.2, 0) is 6.54 Å². The van der Waals surface area contributed by atoms with E-state index in [-0.39, 0.29) is 5.91 Å². The minimum atomic E-state index is -0.268. The van der Waals surface area contributed by atoms with Crippen molar-refractivity contribution in [3.05, 3.63) is 88.2 Å². The van der Waals surface area contributed by atoms with Crippen LogP contribution in [0.25, 0.3) is 21.3 Å². The molecule has 3 aromatic carbocycles. The lowest BCUT2D eigenvalue weighted by atomic mass is 10.0. The summed E-state index contributed by atoms with van der Waals surface area (Å²) < 4.78 is 3.01. The van der Waals surface area contributed by atoms with Gasteiger partial charge in [0.1, 0.15) is 0 Å². The molecule has 1 aromatic heterocycles. The van der Waals surface area contributed by atoms with Gasteiger partial charge in [-0.3, -0.25) is 4.79 Å². The van der Waals surface area contributed by atoms with Crippen LogP contribution in [0, 0.1) is 26.2 Å². The van der Waals surface area contributed by atoms with Gasteiger partial charge in [0.05, 0.1) is 16.8 Å². The molecule has 29 heavy (non-hydrogen) atoms. The first-order chi connectivity index (χ1) is 14.1. The van der Waals surface area contributed by atoms with Crippen molar-refractivity contribution in [3.8, 4) is 23.5 Å². The van der Waals surface area contributed by atoms with Crippen molar-refractivity contribution in [3.63, 3.8) is 0 Å². The number of carbonyl (C=O) groups excluding carboxylic acids is 1. The van der Waals surface area contributed by atoms with E-state index in [0.29, 0.717) is 16.9 Å². The molecule has 1 heterocycles. The number of aromatic nitrogens is 1. The molecule has 0 saturated carbocycles. The predicted molar refractivity (Wildman–Crippen MR) is 120 cm³/mol. The summed E-state index contributed by atoms with van der Waals surface area (Å²) in [5, 5.41) is 0. The third kappa shape index (κ3) is 3.78. The van der Waals surface area contributed by atoms with Crippen LogP contribution in [0.3, 0.4) is 0 Å². The van der Waals surface area contributed by atoms with Crippen molar-refractivity contribution in [2.24, 2.45) is 4.99 Å². The molecule has 0 spiro atoms. The van der Waals surface area contributed by atoms with E-state index >= 15 is 0 Å². The maximum atomic E-state index is 12.8. The quantitative estimate of drug-likeness (QED) is 0.429. The number of aryl methyl sites for hydroxylation is 2. The van der Waals surface area contributed by atoms with Crippen molar-refractivity contribution in [1.82, 2.24) is 4.57 Å². The molecule has 0 fully saturated rings. The van der Waals surface area contributed by atoms with E-state index in [2.05, 4.69) is 36.9 Å². The molecule has 0 unspecified atom stereocenters. The van der Waals surface area contributed by atoms with Crippen LogP contribution in [0.4, 0.5) is 0 Å². The minimum absolute atomic E-state index is 0.268. The second kappa shape index (κ2) is 7.90. The molecule has 4 heteroatoms. The monoisotopic (exact) mass is 396 g/mol. The molecule has 0 aliphatic rings. The first-order valence-electron chi connectivity index (χ1n) is 9.35. The number of nitrogens with zero attached hydrogens (tertiary/aromatic N) is 2. The molecule has 0 aliphatic heterocycles. The number of amides is 1. The maximum Gasteiger partial charge on any atom is 0.279 e. The second-order valence-corrected chi connectivity index (χ2v) is 7.95. The van der Waals surface area contributed by atoms with Crippen molar-refractivity contribution >= 4 is 27.5 Å². The fourth-order valence-corrected chi connectivity index (χ4v) is 4.35. The van der Waals surface area contributed by atoms with Crippen LogP contribution in [-0.4, -0.2) is 10.5 Å². The molecular formula is C25H20N2OS. The normalized spacial score (nSPS) is 11.6. The molecule has 0 saturated heterocycles. The number of terminal acetylenes is 1. The molecule has 4 rings (SSSR count). The van der Waals surface area contributed by atoms with Gasteiger partial charge in [0, 0.05) is 5.56 Å². The van der Waals surface area contributed by atoms with E-state index in [4.69, 9.17) is 6.42 Å². The number of benzene rings is 3. The number of fused-ring (bicyclic) bond motifs is 1. The van der Waals surface area contributed by atoms with Crippen LogP contribution in [0.1, 0.15) is 21.5 Å². The molecule has 0 radical (unpaired) electrons. The van der Waals surface area contributed by atoms with E-state index in [0.717, 1.165) is 21.3 Å². The summed E-state index contributed by atoms with van der Waals surface area (Å²) in [6.07, 6.45) is 5.57. The van der Waals surface area contributed by atoms with Crippen molar-refractivity contribution < 1.29 is 4.79 Å². The number of hydrogen-bond donors (Lipinski definition) is 0. The van der Waals surface area contributed by atoms with Gasteiger partial charge in [-0.15, -0.1) is 6.42 Å². The third-order valence-electron chi connectivity index (χ3n) is 4.98. The van der Waals surface area contributed by atoms with E-state index in [1.807, 2.05) is 59.2 Å². The largest absolute Gasteiger partial charge is 0.305 e. The van der Waals surface area contributed by atoms with E-state index in [1.54, 1.807) is 0 Å². The average molecular weight is 397 g/mol. The Balaban J connectivity index is 1.74. The van der Waals surface area contributed by atoms with Crippen molar-refractivity contribution in [1.29, 1.82) is 0 Å². The lowest BCUT2D eigenvalue weighted by molar-refractivity contribution is 0.0998. The zero-order chi connectivity index (χ0) is 20.4. The SMILES string of the molecule is C#CCn1c(=NC(=O)c2ccc(-c3ccccc3)cc2)sc2cc(C)c(C)cc21. The van der Waals surface area contributed by atoms with Crippen LogP contribution >= 0.6 is 11.3 Å². The number of carbonyl (C=O) groups is 1. The molecule has 142 valence electrons. The number of hydrogen-bond acceptors (Lipinski definition) is 2. The number of rotatable bonds is 3. The molecule has 0 aliphatic carbocycles. The summed E-state index contributed by atoms with van der Waals surface area (Å²) in [5.41, 5.74) is 6.16. The van der Waals surface area contributed by atoms with Crippen LogP contribution in [0.2, 0.25) is 0 Å². The van der Waals surface area contributed by atoms with Crippen LogP contribution < -0.4 is 4.80 Å². The van der Waals surface area contributed by atoms with Gasteiger partial charge in [0.15, 0.2) is 4.80 Å². The first-order valence-corrected chi connectivity index (χ1v) is 10.2. The molecule has 0 bridgehead atoms. The van der Waals surface area contributed by atoms with Gasteiger partial charge in [0.2, 0.25) is 0 Å². The van der Waals surface area contributed by atoms with Crippen LogP contribution in [0.5, 0.6) is 0 Å². The Bertz CT molecular complexity index is 1300. The lowest BCUT2D eigenvalue weighted by Gasteiger charge is -2.03. The van der Waals surface area contributed by atoms with Gasteiger partial charge in [-0.2, -0.15) is 4.99 Å². The average Bonchev–Trinajstić information content (AvgIpc) is 3.05. The van der Waals surface area contributed by atoms with Gasteiger partial charge in [-0.05, 0) is 60.4 Å². The summed E-state index contributed by atoms with van der Waals surface area (Å²) >= 11 is 1.49. The lowest BCUT2D eigenvalue weighted by Crippen LogP contribution is -2.16. The smallest absolute Gasteiger partial charge is 0.279 e.